The summed E-state index contributed by atoms with van der Waals surface area (Å²) >= 11 is 0. The van der Waals surface area contributed by atoms with Gasteiger partial charge in [0.1, 0.15) is 0 Å². The average Bonchev–Trinajstić information content (AvgIpc) is 2.75. The Morgan fingerprint density at radius 1 is 0.571 bits per heavy atom. The number of benzene rings is 2. The maximum atomic E-state index is 2.38. The second-order valence-corrected chi connectivity index (χ2v) is 8.96. The van der Waals surface area contributed by atoms with Crippen LogP contribution in [0.25, 0.3) is 0 Å². The van der Waals surface area contributed by atoms with E-state index in [2.05, 4.69) is 74.5 Å². The Morgan fingerprint density at radius 3 is 1.39 bits per heavy atom. The van der Waals surface area contributed by atoms with Gasteiger partial charge in [0, 0.05) is 11.8 Å². The molecule has 2 aliphatic rings. The molecule has 0 aliphatic heterocycles. The smallest absolute Gasteiger partial charge is 0.00573 e. The van der Waals surface area contributed by atoms with Crippen molar-refractivity contribution in [2.75, 3.05) is 0 Å². The van der Waals surface area contributed by atoms with Crippen molar-refractivity contribution < 1.29 is 0 Å². The lowest BCUT2D eigenvalue weighted by Gasteiger charge is -2.45. The fraction of sp³-hybridized carbons (Fsp3) is 0.500. The highest BCUT2D eigenvalue weighted by Crippen LogP contribution is 2.55. The summed E-state index contributed by atoms with van der Waals surface area (Å²) in [6.07, 6.45) is 10.8. The van der Waals surface area contributed by atoms with Crippen molar-refractivity contribution in [3.05, 3.63) is 82.9 Å². The van der Waals surface area contributed by atoms with Crippen LogP contribution >= 0.6 is 0 Å². The summed E-state index contributed by atoms with van der Waals surface area (Å²) in [6, 6.07) is 22.8. The van der Waals surface area contributed by atoms with E-state index in [0.29, 0.717) is 11.8 Å². The third kappa shape index (κ3) is 3.84. The fourth-order valence-electron chi connectivity index (χ4n) is 6.17. The van der Waals surface area contributed by atoms with Crippen LogP contribution in [0.3, 0.4) is 0 Å². The highest BCUT2D eigenvalue weighted by Gasteiger charge is 2.40. The number of hydrogen-bond acceptors (Lipinski definition) is 0. The van der Waals surface area contributed by atoms with E-state index in [9.17, 15) is 0 Å². The van der Waals surface area contributed by atoms with E-state index in [0.717, 1.165) is 11.8 Å². The van der Waals surface area contributed by atoms with Gasteiger partial charge in [-0.1, -0.05) is 98.5 Å². The summed E-state index contributed by atoms with van der Waals surface area (Å²) in [4.78, 5) is 0. The second kappa shape index (κ2) is 9.12. The summed E-state index contributed by atoms with van der Waals surface area (Å²) in [5.41, 5.74) is 6.81. The summed E-state index contributed by atoms with van der Waals surface area (Å²) < 4.78 is 0. The predicted molar refractivity (Wildman–Crippen MR) is 121 cm³/mol. The second-order valence-electron chi connectivity index (χ2n) is 8.96. The predicted octanol–water partition coefficient (Wildman–Crippen LogP) is 8.27. The van der Waals surface area contributed by atoms with Gasteiger partial charge in [0.25, 0.3) is 0 Å². The van der Waals surface area contributed by atoms with Gasteiger partial charge >= 0.3 is 0 Å². The van der Waals surface area contributed by atoms with E-state index in [1.165, 1.54) is 51.4 Å². The average molecular weight is 373 g/mol. The van der Waals surface area contributed by atoms with Gasteiger partial charge in [-0.3, -0.25) is 0 Å². The Bertz CT molecular complexity index is 705. The summed E-state index contributed by atoms with van der Waals surface area (Å²) in [5.74, 6) is 2.88. The zero-order chi connectivity index (χ0) is 19.3. The number of allylic oxidation sites excluding steroid dienone is 2. The molecule has 0 spiro atoms. The Hall–Kier alpha value is -1.82. The first-order chi connectivity index (χ1) is 13.8. The maximum absolute atomic E-state index is 2.38. The standard InChI is InChI=1S/C28H36/c1-3-11-23-17-19-25(21-13-7-5-8-14-21)28-26(22-15-9-6-10-16-22)20-18-24(12-4-2)27(23)28/h5-10,13-16,23-26H,3-4,11-12,17-20H2,1-2H3. The summed E-state index contributed by atoms with van der Waals surface area (Å²) in [5, 5.41) is 0. The van der Waals surface area contributed by atoms with Gasteiger partial charge in [0.2, 0.25) is 0 Å². The van der Waals surface area contributed by atoms with Gasteiger partial charge in [-0.25, -0.2) is 0 Å². The zero-order valence-electron chi connectivity index (χ0n) is 17.7. The largest absolute Gasteiger partial charge is 0.0654 e. The van der Waals surface area contributed by atoms with E-state index in [1.807, 2.05) is 11.1 Å². The molecule has 28 heavy (non-hydrogen) atoms. The molecule has 2 aromatic carbocycles. The molecule has 0 heteroatoms. The third-order valence-electron chi connectivity index (χ3n) is 7.25. The van der Waals surface area contributed by atoms with Crippen LogP contribution in [-0.4, -0.2) is 0 Å². The minimum absolute atomic E-state index is 0.620. The van der Waals surface area contributed by atoms with E-state index < -0.39 is 0 Å². The van der Waals surface area contributed by atoms with Crippen molar-refractivity contribution in [3.63, 3.8) is 0 Å². The molecule has 0 bridgehead atoms. The molecule has 0 amide bonds. The molecule has 2 aliphatic carbocycles. The monoisotopic (exact) mass is 372 g/mol. The minimum atomic E-state index is 0.620. The Morgan fingerprint density at radius 2 is 1.00 bits per heavy atom. The quantitative estimate of drug-likeness (QED) is 0.447. The Labute approximate surface area is 172 Å². The molecule has 0 radical (unpaired) electrons. The first-order valence-corrected chi connectivity index (χ1v) is 11.7. The number of hydrogen-bond donors (Lipinski definition) is 0. The van der Waals surface area contributed by atoms with Crippen LogP contribution < -0.4 is 0 Å². The molecule has 2 aromatic rings. The fourth-order valence-corrected chi connectivity index (χ4v) is 6.17. The van der Waals surface area contributed by atoms with Crippen molar-refractivity contribution in [2.24, 2.45) is 11.8 Å². The summed E-state index contributed by atoms with van der Waals surface area (Å²) in [6.45, 7) is 4.74. The Kier molecular flexibility index (Phi) is 6.35. The van der Waals surface area contributed by atoms with Crippen molar-refractivity contribution in [1.82, 2.24) is 0 Å². The molecular formula is C28H36. The highest BCUT2D eigenvalue weighted by molar-refractivity contribution is 5.44. The lowest BCUT2D eigenvalue weighted by molar-refractivity contribution is 0.319. The molecule has 0 nitrogen and oxygen atoms in total. The van der Waals surface area contributed by atoms with Gasteiger partial charge in [0.15, 0.2) is 0 Å². The molecule has 0 heterocycles. The molecule has 0 fully saturated rings. The van der Waals surface area contributed by atoms with Gasteiger partial charge in [-0.2, -0.15) is 0 Å². The van der Waals surface area contributed by atoms with Crippen LogP contribution in [0.15, 0.2) is 71.8 Å². The van der Waals surface area contributed by atoms with Gasteiger partial charge in [0.05, 0.1) is 0 Å². The topological polar surface area (TPSA) is 0 Å². The zero-order valence-corrected chi connectivity index (χ0v) is 17.7. The first-order valence-electron chi connectivity index (χ1n) is 11.7. The molecule has 148 valence electrons. The van der Waals surface area contributed by atoms with E-state index >= 15 is 0 Å². The molecule has 0 aromatic heterocycles. The lowest BCUT2D eigenvalue weighted by atomic mass is 9.59. The van der Waals surface area contributed by atoms with Crippen LogP contribution in [0.1, 0.15) is 88.2 Å². The minimum Gasteiger partial charge on any atom is -0.0654 e. The van der Waals surface area contributed by atoms with E-state index in [1.54, 1.807) is 11.1 Å². The molecule has 4 rings (SSSR count). The van der Waals surface area contributed by atoms with E-state index in [-0.39, 0.29) is 0 Å². The molecule has 0 N–H and O–H groups in total. The van der Waals surface area contributed by atoms with Gasteiger partial charge in [-0.05, 0) is 61.5 Å². The number of rotatable bonds is 6. The van der Waals surface area contributed by atoms with Gasteiger partial charge in [-0.15, -0.1) is 0 Å². The summed E-state index contributed by atoms with van der Waals surface area (Å²) in [7, 11) is 0. The van der Waals surface area contributed by atoms with Crippen LogP contribution in [-0.2, 0) is 0 Å². The highest BCUT2D eigenvalue weighted by atomic mass is 14.4. The van der Waals surface area contributed by atoms with Crippen LogP contribution in [0.4, 0.5) is 0 Å². The molecule has 0 saturated carbocycles. The molecule has 4 unspecified atom stereocenters. The van der Waals surface area contributed by atoms with E-state index in [4.69, 9.17) is 0 Å². The van der Waals surface area contributed by atoms with Crippen molar-refractivity contribution >= 4 is 0 Å². The Balaban J connectivity index is 1.85. The first kappa shape index (κ1) is 19.5. The van der Waals surface area contributed by atoms with Crippen molar-refractivity contribution in [1.29, 1.82) is 0 Å². The van der Waals surface area contributed by atoms with Crippen molar-refractivity contribution in [3.8, 4) is 0 Å². The van der Waals surface area contributed by atoms with Gasteiger partial charge < -0.3 is 0 Å². The molecule has 0 saturated heterocycles. The maximum Gasteiger partial charge on any atom is 0.00573 e. The third-order valence-corrected chi connectivity index (χ3v) is 7.25. The van der Waals surface area contributed by atoms with Crippen LogP contribution in [0, 0.1) is 11.8 Å². The lowest BCUT2D eigenvalue weighted by Crippen LogP contribution is -2.30. The molecule has 4 atom stereocenters. The normalized spacial score (nSPS) is 27.5. The van der Waals surface area contributed by atoms with Crippen molar-refractivity contribution in [2.45, 2.75) is 77.0 Å². The molecular weight excluding hydrogens is 336 g/mol. The van der Waals surface area contributed by atoms with Crippen LogP contribution in [0.5, 0.6) is 0 Å². The van der Waals surface area contributed by atoms with Crippen LogP contribution in [0.2, 0.25) is 0 Å². The SMILES string of the molecule is CCCC1CCC(c2ccccc2)C2=C1C(CCC)CCC2c1ccccc1.